The van der Waals surface area contributed by atoms with Crippen molar-refractivity contribution < 1.29 is 4.79 Å². The first-order valence-corrected chi connectivity index (χ1v) is 5.24. The zero-order valence-corrected chi connectivity index (χ0v) is 9.40. The summed E-state index contributed by atoms with van der Waals surface area (Å²) < 4.78 is 0. The standard InChI is InChI=1S/C10H15N5O/c1-3-4-8(5-11)10(16)14-7(2)9-12-6-13-15-9/h6-8H,3-4H2,1-2H3,(H,14,16)(H,12,13,15). The van der Waals surface area contributed by atoms with E-state index in [2.05, 4.69) is 20.5 Å². The number of carbonyl (C=O) groups excluding carboxylic acids is 1. The number of carbonyl (C=O) groups is 1. The van der Waals surface area contributed by atoms with Gasteiger partial charge < -0.3 is 5.32 Å². The molecule has 2 N–H and O–H groups in total. The summed E-state index contributed by atoms with van der Waals surface area (Å²) in [6, 6.07) is 1.73. The van der Waals surface area contributed by atoms with E-state index in [-0.39, 0.29) is 11.9 Å². The van der Waals surface area contributed by atoms with E-state index in [1.165, 1.54) is 6.33 Å². The molecular weight excluding hydrogens is 206 g/mol. The molecule has 1 aromatic heterocycles. The molecular formula is C10H15N5O. The van der Waals surface area contributed by atoms with Gasteiger partial charge in [0.1, 0.15) is 18.1 Å². The van der Waals surface area contributed by atoms with Crippen molar-refractivity contribution in [3.8, 4) is 6.07 Å². The Morgan fingerprint density at radius 1 is 1.75 bits per heavy atom. The van der Waals surface area contributed by atoms with Crippen molar-refractivity contribution in [2.45, 2.75) is 32.7 Å². The maximum Gasteiger partial charge on any atom is 0.237 e. The predicted molar refractivity (Wildman–Crippen MR) is 57.0 cm³/mol. The molecule has 0 spiro atoms. The third-order valence-corrected chi connectivity index (χ3v) is 2.25. The van der Waals surface area contributed by atoms with Crippen LogP contribution < -0.4 is 5.32 Å². The number of aromatic amines is 1. The summed E-state index contributed by atoms with van der Waals surface area (Å²) >= 11 is 0. The molecule has 86 valence electrons. The Morgan fingerprint density at radius 2 is 2.50 bits per heavy atom. The minimum atomic E-state index is -0.588. The second-order valence-electron chi connectivity index (χ2n) is 3.57. The molecule has 0 aromatic carbocycles. The van der Waals surface area contributed by atoms with Crippen LogP contribution in [0.15, 0.2) is 6.33 Å². The maximum absolute atomic E-state index is 11.7. The van der Waals surface area contributed by atoms with Crippen molar-refractivity contribution in [1.82, 2.24) is 20.5 Å². The van der Waals surface area contributed by atoms with Gasteiger partial charge in [-0.1, -0.05) is 13.3 Å². The van der Waals surface area contributed by atoms with Crippen LogP contribution in [-0.2, 0) is 4.79 Å². The van der Waals surface area contributed by atoms with Gasteiger partial charge in [0.15, 0.2) is 0 Å². The number of aromatic nitrogens is 3. The summed E-state index contributed by atoms with van der Waals surface area (Å²) in [5, 5.41) is 17.9. The minimum absolute atomic E-state index is 0.256. The fraction of sp³-hybridized carbons (Fsp3) is 0.600. The Balaban J connectivity index is 2.54. The van der Waals surface area contributed by atoms with Crippen molar-refractivity contribution >= 4 is 5.91 Å². The summed E-state index contributed by atoms with van der Waals surface area (Å²) in [5.74, 6) is -0.259. The number of hydrogen-bond acceptors (Lipinski definition) is 4. The number of amides is 1. The molecule has 6 nitrogen and oxygen atoms in total. The zero-order valence-electron chi connectivity index (χ0n) is 9.40. The van der Waals surface area contributed by atoms with Crippen LogP contribution in [0.3, 0.4) is 0 Å². The first-order chi connectivity index (χ1) is 7.69. The molecule has 6 heteroatoms. The van der Waals surface area contributed by atoms with E-state index in [9.17, 15) is 4.79 Å². The van der Waals surface area contributed by atoms with Crippen molar-refractivity contribution in [3.05, 3.63) is 12.2 Å². The lowest BCUT2D eigenvalue weighted by atomic mass is 10.0. The average molecular weight is 221 g/mol. The molecule has 0 saturated heterocycles. The van der Waals surface area contributed by atoms with Gasteiger partial charge in [0, 0.05) is 0 Å². The van der Waals surface area contributed by atoms with Gasteiger partial charge in [0.25, 0.3) is 0 Å². The van der Waals surface area contributed by atoms with Crippen molar-refractivity contribution in [2.75, 3.05) is 0 Å². The molecule has 1 aromatic rings. The third kappa shape index (κ3) is 3.05. The molecule has 16 heavy (non-hydrogen) atoms. The summed E-state index contributed by atoms with van der Waals surface area (Å²) in [6.45, 7) is 3.73. The molecule has 0 aliphatic rings. The lowest BCUT2D eigenvalue weighted by molar-refractivity contribution is -0.124. The number of hydrogen-bond donors (Lipinski definition) is 2. The molecule has 2 atom stereocenters. The molecule has 0 saturated carbocycles. The lowest BCUT2D eigenvalue weighted by Crippen LogP contribution is -2.32. The number of rotatable bonds is 5. The van der Waals surface area contributed by atoms with E-state index in [0.29, 0.717) is 12.2 Å². The molecule has 0 fully saturated rings. The molecule has 2 unspecified atom stereocenters. The SMILES string of the molecule is CCCC(C#N)C(=O)NC(C)c1ncn[nH]1. The first-order valence-electron chi connectivity index (χ1n) is 5.24. The smallest absolute Gasteiger partial charge is 0.237 e. The van der Waals surface area contributed by atoms with Crippen molar-refractivity contribution in [3.63, 3.8) is 0 Å². The molecule has 1 rings (SSSR count). The highest BCUT2D eigenvalue weighted by atomic mass is 16.1. The highest BCUT2D eigenvalue weighted by molar-refractivity contribution is 5.81. The van der Waals surface area contributed by atoms with Crippen LogP contribution in [0.1, 0.15) is 38.6 Å². The Bertz CT molecular complexity index is 367. The van der Waals surface area contributed by atoms with Gasteiger partial charge in [-0.15, -0.1) is 0 Å². The highest BCUT2D eigenvalue weighted by Crippen LogP contribution is 2.09. The third-order valence-electron chi connectivity index (χ3n) is 2.25. The Labute approximate surface area is 94.1 Å². The van der Waals surface area contributed by atoms with Crippen LogP contribution in [0.25, 0.3) is 0 Å². The summed E-state index contributed by atoms with van der Waals surface area (Å²) in [6.07, 6.45) is 2.76. The molecule has 0 bridgehead atoms. The van der Waals surface area contributed by atoms with Gasteiger partial charge in [-0.2, -0.15) is 10.4 Å². The topological polar surface area (TPSA) is 94.5 Å². The fourth-order valence-corrected chi connectivity index (χ4v) is 1.35. The number of H-pyrrole nitrogens is 1. The molecule has 0 aliphatic carbocycles. The Morgan fingerprint density at radius 3 is 3.00 bits per heavy atom. The maximum atomic E-state index is 11.7. The van der Waals surface area contributed by atoms with Crippen LogP contribution in [0, 0.1) is 17.2 Å². The summed E-state index contributed by atoms with van der Waals surface area (Å²) in [7, 11) is 0. The van der Waals surface area contributed by atoms with E-state index in [4.69, 9.17) is 5.26 Å². The molecule has 0 aliphatic heterocycles. The van der Waals surface area contributed by atoms with Crippen molar-refractivity contribution in [2.24, 2.45) is 5.92 Å². The second-order valence-corrected chi connectivity index (χ2v) is 3.57. The summed E-state index contributed by atoms with van der Waals surface area (Å²) in [5.41, 5.74) is 0. The van der Waals surface area contributed by atoms with E-state index in [1.54, 1.807) is 6.92 Å². The number of nitrogens with one attached hydrogen (secondary N) is 2. The van der Waals surface area contributed by atoms with Gasteiger partial charge in [-0.25, -0.2) is 4.98 Å². The second kappa shape index (κ2) is 5.85. The zero-order chi connectivity index (χ0) is 12.0. The number of nitrogens with zero attached hydrogens (tertiary/aromatic N) is 3. The van der Waals surface area contributed by atoms with Gasteiger partial charge in [-0.3, -0.25) is 9.89 Å². The monoisotopic (exact) mass is 221 g/mol. The Hall–Kier alpha value is -1.90. The lowest BCUT2D eigenvalue weighted by Gasteiger charge is -2.13. The summed E-state index contributed by atoms with van der Waals surface area (Å²) in [4.78, 5) is 15.6. The van der Waals surface area contributed by atoms with Crippen LogP contribution in [0.2, 0.25) is 0 Å². The highest BCUT2D eigenvalue weighted by Gasteiger charge is 2.19. The molecule has 1 amide bonds. The minimum Gasteiger partial charge on any atom is -0.345 e. The van der Waals surface area contributed by atoms with E-state index >= 15 is 0 Å². The van der Waals surface area contributed by atoms with E-state index in [0.717, 1.165) is 6.42 Å². The van der Waals surface area contributed by atoms with Crippen LogP contribution in [0.5, 0.6) is 0 Å². The number of nitriles is 1. The van der Waals surface area contributed by atoms with Gasteiger partial charge >= 0.3 is 0 Å². The normalized spacial score (nSPS) is 13.8. The molecule has 1 heterocycles. The van der Waals surface area contributed by atoms with Crippen LogP contribution in [-0.4, -0.2) is 21.1 Å². The van der Waals surface area contributed by atoms with Gasteiger partial charge in [0.2, 0.25) is 5.91 Å². The van der Waals surface area contributed by atoms with E-state index in [1.807, 2.05) is 13.0 Å². The molecule has 0 radical (unpaired) electrons. The van der Waals surface area contributed by atoms with Gasteiger partial charge in [0.05, 0.1) is 12.1 Å². The quantitative estimate of drug-likeness (QED) is 0.773. The van der Waals surface area contributed by atoms with Gasteiger partial charge in [-0.05, 0) is 13.3 Å². The fourth-order valence-electron chi connectivity index (χ4n) is 1.35. The largest absolute Gasteiger partial charge is 0.345 e. The van der Waals surface area contributed by atoms with Crippen LogP contribution >= 0.6 is 0 Å². The first kappa shape index (κ1) is 12.2. The Kier molecular flexibility index (Phi) is 4.45. The average Bonchev–Trinajstić information content (AvgIpc) is 2.78. The predicted octanol–water partition coefficient (Wildman–Crippen LogP) is 0.922. The van der Waals surface area contributed by atoms with Crippen LogP contribution in [0.4, 0.5) is 0 Å². The van der Waals surface area contributed by atoms with E-state index < -0.39 is 5.92 Å². The van der Waals surface area contributed by atoms with Crippen molar-refractivity contribution in [1.29, 1.82) is 5.26 Å².